The third kappa shape index (κ3) is 3.91. The minimum atomic E-state index is 0.0166. The molecule has 0 amide bonds. The Bertz CT molecular complexity index is 624. The predicted octanol–water partition coefficient (Wildman–Crippen LogP) is 1.78. The predicted molar refractivity (Wildman–Crippen MR) is 93.0 cm³/mol. The summed E-state index contributed by atoms with van der Waals surface area (Å²) in [5, 5.41) is 12.2. The smallest absolute Gasteiger partial charge is 0.185 e. The normalized spacial score (nSPS) is 18.8. The van der Waals surface area contributed by atoms with E-state index in [1.165, 1.54) is 12.2 Å². The quantitative estimate of drug-likeness (QED) is 0.872. The van der Waals surface area contributed by atoms with E-state index >= 15 is 0 Å². The standard InChI is InChI=1S/C16H25N5OS/c1-19(2)8-9-20-7-5-17-15(20)13-4-3-6-21(10-13)16-18-14(11-22)12-23-16/h5,7,12-13,22H,3-4,6,8-11H2,1-2H3. The Balaban J connectivity index is 1.70. The summed E-state index contributed by atoms with van der Waals surface area (Å²) in [6.07, 6.45) is 6.33. The molecule has 7 heteroatoms. The molecular weight excluding hydrogens is 310 g/mol. The van der Waals surface area contributed by atoms with Crippen LogP contribution in [0.15, 0.2) is 17.8 Å². The summed E-state index contributed by atoms with van der Waals surface area (Å²) in [6.45, 7) is 4.00. The van der Waals surface area contributed by atoms with E-state index in [4.69, 9.17) is 0 Å². The average molecular weight is 335 g/mol. The van der Waals surface area contributed by atoms with Crippen molar-refractivity contribution < 1.29 is 5.11 Å². The lowest BCUT2D eigenvalue weighted by molar-refractivity contribution is 0.277. The van der Waals surface area contributed by atoms with Gasteiger partial charge in [-0.15, -0.1) is 11.3 Å². The van der Waals surface area contributed by atoms with Crippen LogP contribution in [-0.4, -0.2) is 58.3 Å². The Morgan fingerprint density at radius 3 is 3.04 bits per heavy atom. The molecule has 6 nitrogen and oxygen atoms in total. The van der Waals surface area contributed by atoms with Crippen LogP contribution in [0.4, 0.5) is 5.13 Å². The van der Waals surface area contributed by atoms with Crippen LogP contribution in [0.25, 0.3) is 0 Å². The van der Waals surface area contributed by atoms with Gasteiger partial charge < -0.3 is 19.5 Å². The number of hydrogen-bond acceptors (Lipinski definition) is 6. The molecule has 0 spiro atoms. The lowest BCUT2D eigenvalue weighted by Crippen LogP contribution is -2.35. The van der Waals surface area contributed by atoms with Crippen LogP contribution in [0.5, 0.6) is 0 Å². The van der Waals surface area contributed by atoms with Crippen molar-refractivity contribution >= 4 is 16.5 Å². The summed E-state index contributed by atoms with van der Waals surface area (Å²) in [7, 11) is 4.19. The topological polar surface area (TPSA) is 57.4 Å². The minimum absolute atomic E-state index is 0.0166. The van der Waals surface area contributed by atoms with Gasteiger partial charge >= 0.3 is 0 Å². The minimum Gasteiger partial charge on any atom is -0.390 e. The van der Waals surface area contributed by atoms with Crippen molar-refractivity contribution in [3.63, 3.8) is 0 Å². The van der Waals surface area contributed by atoms with E-state index in [0.717, 1.165) is 43.4 Å². The number of piperidine rings is 1. The first kappa shape index (κ1) is 16.4. The number of aromatic nitrogens is 3. The van der Waals surface area contributed by atoms with Gasteiger partial charge in [0.1, 0.15) is 5.82 Å². The molecule has 23 heavy (non-hydrogen) atoms. The molecule has 3 rings (SSSR count). The van der Waals surface area contributed by atoms with Crippen molar-refractivity contribution in [1.29, 1.82) is 0 Å². The monoisotopic (exact) mass is 335 g/mol. The number of thiazole rings is 1. The number of imidazole rings is 1. The maximum absolute atomic E-state index is 9.20. The Kier molecular flexibility index (Phi) is 5.30. The molecule has 0 aromatic carbocycles. The van der Waals surface area contributed by atoms with Crippen molar-refractivity contribution in [1.82, 2.24) is 19.4 Å². The Labute approximate surface area is 141 Å². The van der Waals surface area contributed by atoms with E-state index in [-0.39, 0.29) is 6.61 Å². The molecule has 0 bridgehead atoms. The van der Waals surface area contributed by atoms with Gasteiger partial charge in [0.2, 0.25) is 0 Å². The maximum atomic E-state index is 9.20. The van der Waals surface area contributed by atoms with Crippen LogP contribution in [0, 0.1) is 0 Å². The van der Waals surface area contributed by atoms with E-state index in [1.807, 2.05) is 11.6 Å². The van der Waals surface area contributed by atoms with Crippen LogP contribution >= 0.6 is 11.3 Å². The van der Waals surface area contributed by atoms with E-state index in [0.29, 0.717) is 5.92 Å². The Hall–Kier alpha value is -1.44. The van der Waals surface area contributed by atoms with Crippen LogP contribution in [0.1, 0.15) is 30.3 Å². The fraction of sp³-hybridized carbons (Fsp3) is 0.625. The number of rotatable bonds is 6. The molecule has 1 aliphatic rings. The largest absolute Gasteiger partial charge is 0.390 e. The highest BCUT2D eigenvalue weighted by atomic mass is 32.1. The van der Waals surface area contributed by atoms with Crippen molar-refractivity contribution in [2.24, 2.45) is 0 Å². The molecule has 1 unspecified atom stereocenters. The highest BCUT2D eigenvalue weighted by Crippen LogP contribution is 2.30. The second-order valence-corrected chi connectivity index (χ2v) is 7.18. The van der Waals surface area contributed by atoms with E-state index in [1.54, 1.807) is 11.3 Å². The third-order valence-electron chi connectivity index (χ3n) is 4.29. The first-order valence-electron chi connectivity index (χ1n) is 8.13. The summed E-state index contributed by atoms with van der Waals surface area (Å²) < 4.78 is 2.29. The molecule has 1 aliphatic heterocycles. The average Bonchev–Trinajstić information content (AvgIpc) is 3.22. The molecule has 3 heterocycles. The van der Waals surface area contributed by atoms with Gasteiger partial charge in [-0.2, -0.15) is 0 Å². The summed E-state index contributed by atoms with van der Waals surface area (Å²) in [5.41, 5.74) is 0.764. The molecule has 1 N–H and O–H groups in total. The van der Waals surface area contributed by atoms with Crippen LogP contribution in [-0.2, 0) is 13.2 Å². The molecule has 126 valence electrons. The summed E-state index contributed by atoms with van der Waals surface area (Å²) in [4.78, 5) is 13.7. The van der Waals surface area contributed by atoms with Crippen molar-refractivity contribution in [3.05, 3.63) is 29.3 Å². The van der Waals surface area contributed by atoms with Crippen molar-refractivity contribution in [2.75, 3.05) is 38.6 Å². The van der Waals surface area contributed by atoms with Gasteiger partial charge in [-0.05, 0) is 26.9 Å². The van der Waals surface area contributed by atoms with Crippen molar-refractivity contribution in [2.45, 2.75) is 31.9 Å². The molecule has 0 saturated carbocycles. The molecule has 1 saturated heterocycles. The number of likely N-dealkylation sites (N-methyl/N-ethyl adjacent to an activating group) is 1. The van der Waals surface area contributed by atoms with Gasteiger partial charge in [-0.1, -0.05) is 0 Å². The Morgan fingerprint density at radius 2 is 2.30 bits per heavy atom. The fourth-order valence-corrected chi connectivity index (χ4v) is 3.91. The van der Waals surface area contributed by atoms with Crippen LogP contribution in [0.2, 0.25) is 0 Å². The summed E-state index contributed by atoms with van der Waals surface area (Å²) in [6, 6.07) is 0. The second kappa shape index (κ2) is 7.42. The Morgan fingerprint density at radius 1 is 1.43 bits per heavy atom. The molecule has 0 aliphatic carbocycles. The van der Waals surface area contributed by atoms with Gasteiger partial charge in [0.25, 0.3) is 0 Å². The van der Waals surface area contributed by atoms with Gasteiger partial charge in [0.05, 0.1) is 12.3 Å². The molecule has 0 radical (unpaired) electrons. The van der Waals surface area contributed by atoms with E-state index in [9.17, 15) is 5.11 Å². The van der Waals surface area contributed by atoms with Crippen LogP contribution < -0.4 is 4.90 Å². The van der Waals surface area contributed by atoms with E-state index in [2.05, 4.69) is 44.6 Å². The van der Waals surface area contributed by atoms with Crippen molar-refractivity contribution in [3.8, 4) is 0 Å². The molecule has 1 atom stereocenters. The SMILES string of the molecule is CN(C)CCn1ccnc1C1CCCN(c2nc(CO)cs2)C1. The zero-order valence-corrected chi connectivity index (χ0v) is 14.7. The zero-order chi connectivity index (χ0) is 16.2. The molecule has 2 aromatic heterocycles. The fourth-order valence-electron chi connectivity index (χ4n) is 3.05. The number of hydrogen-bond donors (Lipinski definition) is 1. The third-order valence-corrected chi connectivity index (χ3v) is 5.24. The second-order valence-electron chi connectivity index (χ2n) is 6.35. The number of aliphatic hydroxyl groups excluding tert-OH is 1. The molecule has 1 fully saturated rings. The first-order valence-corrected chi connectivity index (χ1v) is 9.01. The number of nitrogens with zero attached hydrogens (tertiary/aromatic N) is 5. The lowest BCUT2D eigenvalue weighted by Gasteiger charge is -2.32. The lowest BCUT2D eigenvalue weighted by atomic mass is 9.97. The number of anilines is 1. The zero-order valence-electron chi connectivity index (χ0n) is 13.9. The van der Waals surface area contributed by atoms with Gasteiger partial charge in [0, 0.05) is 49.9 Å². The van der Waals surface area contributed by atoms with Gasteiger partial charge in [-0.25, -0.2) is 9.97 Å². The van der Waals surface area contributed by atoms with Crippen LogP contribution in [0.3, 0.4) is 0 Å². The number of aliphatic hydroxyl groups is 1. The maximum Gasteiger partial charge on any atom is 0.185 e. The molecule has 2 aromatic rings. The molecular formula is C16H25N5OS. The first-order chi connectivity index (χ1) is 11.2. The van der Waals surface area contributed by atoms with E-state index < -0.39 is 0 Å². The van der Waals surface area contributed by atoms with Gasteiger partial charge in [-0.3, -0.25) is 0 Å². The highest BCUT2D eigenvalue weighted by Gasteiger charge is 2.26. The highest BCUT2D eigenvalue weighted by molar-refractivity contribution is 7.13. The summed E-state index contributed by atoms with van der Waals surface area (Å²) >= 11 is 1.62. The summed E-state index contributed by atoms with van der Waals surface area (Å²) in [5.74, 6) is 1.64. The van der Waals surface area contributed by atoms with Gasteiger partial charge in [0.15, 0.2) is 5.13 Å².